The van der Waals surface area contributed by atoms with Crippen LogP contribution in [0.25, 0.3) is 5.57 Å². The molecule has 1 aromatic rings. The van der Waals surface area contributed by atoms with Crippen LogP contribution in [-0.4, -0.2) is 12.9 Å². The lowest BCUT2D eigenvalue weighted by Gasteiger charge is -2.13. The Hall–Kier alpha value is -2.05. The average Bonchev–Trinajstić information content (AvgIpc) is 2.31. The van der Waals surface area contributed by atoms with Crippen LogP contribution in [0, 0.1) is 5.82 Å². The van der Waals surface area contributed by atoms with E-state index in [2.05, 4.69) is 10.1 Å². The van der Waals surface area contributed by atoms with Gasteiger partial charge in [-0.1, -0.05) is 12.1 Å². The third kappa shape index (κ3) is 3.24. The SMILES string of the molecule is FC1=CNCC=C1c1ccc(OC(F)(F)F)c(F)c1. The highest BCUT2D eigenvalue weighted by Gasteiger charge is 2.32. The smallest absolute Gasteiger partial charge is 0.403 e. The monoisotopic (exact) mass is 277 g/mol. The molecule has 0 bridgehead atoms. The van der Waals surface area contributed by atoms with Crippen LogP contribution in [0.5, 0.6) is 5.75 Å². The van der Waals surface area contributed by atoms with E-state index in [1.165, 1.54) is 6.08 Å². The highest BCUT2D eigenvalue weighted by Crippen LogP contribution is 2.31. The van der Waals surface area contributed by atoms with Gasteiger partial charge in [0, 0.05) is 18.3 Å². The van der Waals surface area contributed by atoms with Gasteiger partial charge in [0.15, 0.2) is 11.6 Å². The number of allylic oxidation sites excluding steroid dienone is 2. The van der Waals surface area contributed by atoms with Crippen LogP contribution < -0.4 is 10.1 Å². The van der Waals surface area contributed by atoms with Crippen molar-refractivity contribution >= 4 is 5.57 Å². The minimum atomic E-state index is -4.97. The van der Waals surface area contributed by atoms with Crippen molar-refractivity contribution in [3.05, 3.63) is 47.7 Å². The summed E-state index contributed by atoms with van der Waals surface area (Å²) in [5.41, 5.74) is 0.262. The molecule has 0 aromatic heterocycles. The van der Waals surface area contributed by atoms with Gasteiger partial charge in [0.2, 0.25) is 0 Å². The van der Waals surface area contributed by atoms with Gasteiger partial charge >= 0.3 is 6.36 Å². The zero-order chi connectivity index (χ0) is 14.0. The Kier molecular flexibility index (Phi) is 3.46. The lowest BCUT2D eigenvalue weighted by molar-refractivity contribution is -0.275. The first kappa shape index (κ1) is 13.4. The Bertz CT molecular complexity index is 548. The van der Waals surface area contributed by atoms with Gasteiger partial charge in [-0.25, -0.2) is 8.78 Å². The fourth-order valence-corrected chi connectivity index (χ4v) is 1.62. The minimum Gasteiger partial charge on any atom is -0.403 e. The number of hydrogen-bond donors (Lipinski definition) is 1. The molecule has 1 N–H and O–H groups in total. The first-order valence-corrected chi connectivity index (χ1v) is 5.22. The van der Waals surface area contributed by atoms with E-state index in [0.29, 0.717) is 6.54 Å². The molecule has 7 heteroatoms. The van der Waals surface area contributed by atoms with Crippen molar-refractivity contribution in [2.24, 2.45) is 0 Å². The Morgan fingerprint density at radius 2 is 1.89 bits per heavy atom. The summed E-state index contributed by atoms with van der Waals surface area (Å²) in [6.45, 7) is 0.352. The maximum Gasteiger partial charge on any atom is 0.573 e. The Labute approximate surface area is 105 Å². The Morgan fingerprint density at radius 3 is 2.47 bits per heavy atom. The van der Waals surface area contributed by atoms with Crippen LogP contribution >= 0.6 is 0 Å². The zero-order valence-electron chi connectivity index (χ0n) is 9.39. The molecule has 2 rings (SSSR count). The predicted molar refractivity (Wildman–Crippen MR) is 58.3 cm³/mol. The lowest BCUT2D eigenvalue weighted by Crippen LogP contribution is -2.18. The van der Waals surface area contributed by atoms with Gasteiger partial charge in [-0.2, -0.15) is 0 Å². The number of dihydropyridines is 1. The van der Waals surface area contributed by atoms with E-state index < -0.39 is 23.8 Å². The van der Waals surface area contributed by atoms with Crippen LogP contribution in [0.4, 0.5) is 22.0 Å². The molecule has 1 heterocycles. The van der Waals surface area contributed by atoms with Gasteiger partial charge in [-0.15, -0.1) is 13.2 Å². The van der Waals surface area contributed by atoms with E-state index in [9.17, 15) is 22.0 Å². The highest BCUT2D eigenvalue weighted by molar-refractivity contribution is 5.78. The van der Waals surface area contributed by atoms with Crippen molar-refractivity contribution in [1.29, 1.82) is 0 Å². The van der Waals surface area contributed by atoms with E-state index in [1.807, 2.05) is 0 Å². The summed E-state index contributed by atoms with van der Waals surface area (Å²) in [6.07, 6.45) is -2.40. The van der Waals surface area contributed by atoms with Crippen LogP contribution in [0.15, 0.2) is 36.3 Å². The van der Waals surface area contributed by atoms with Gasteiger partial charge in [0.1, 0.15) is 5.83 Å². The maximum absolute atomic E-state index is 13.5. The number of benzene rings is 1. The Morgan fingerprint density at radius 1 is 1.16 bits per heavy atom. The normalized spacial score (nSPS) is 15.4. The van der Waals surface area contributed by atoms with Crippen molar-refractivity contribution in [3.8, 4) is 5.75 Å². The zero-order valence-corrected chi connectivity index (χ0v) is 9.39. The molecule has 0 saturated heterocycles. The topological polar surface area (TPSA) is 21.3 Å². The fourth-order valence-electron chi connectivity index (χ4n) is 1.62. The molecule has 0 radical (unpaired) electrons. The van der Waals surface area contributed by atoms with E-state index in [4.69, 9.17) is 0 Å². The summed E-state index contributed by atoms with van der Waals surface area (Å²) in [7, 11) is 0. The summed E-state index contributed by atoms with van der Waals surface area (Å²) in [5.74, 6) is -2.77. The van der Waals surface area contributed by atoms with E-state index in [0.717, 1.165) is 24.4 Å². The molecule has 2 nitrogen and oxygen atoms in total. The van der Waals surface area contributed by atoms with Crippen LogP contribution in [-0.2, 0) is 0 Å². The van der Waals surface area contributed by atoms with Crippen molar-refractivity contribution < 1.29 is 26.7 Å². The second kappa shape index (κ2) is 4.91. The summed E-state index contributed by atoms with van der Waals surface area (Å²) >= 11 is 0. The quantitative estimate of drug-likeness (QED) is 0.835. The summed E-state index contributed by atoms with van der Waals surface area (Å²) < 4.78 is 66.3. The number of nitrogens with one attached hydrogen (secondary N) is 1. The molecule has 0 saturated carbocycles. The molecule has 1 aromatic carbocycles. The molecule has 19 heavy (non-hydrogen) atoms. The van der Waals surface area contributed by atoms with E-state index in [-0.39, 0.29) is 11.1 Å². The third-order valence-corrected chi connectivity index (χ3v) is 2.38. The average molecular weight is 277 g/mol. The highest BCUT2D eigenvalue weighted by atomic mass is 19.4. The van der Waals surface area contributed by atoms with Crippen LogP contribution in [0.3, 0.4) is 0 Å². The molecule has 0 amide bonds. The van der Waals surface area contributed by atoms with Crippen molar-refractivity contribution in [1.82, 2.24) is 5.32 Å². The molecule has 1 aliphatic heterocycles. The van der Waals surface area contributed by atoms with Gasteiger partial charge in [0.25, 0.3) is 0 Å². The molecule has 0 atom stereocenters. The van der Waals surface area contributed by atoms with E-state index >= 15 is 0 Å². The van der Waals surface area contributed by atoms with Crippen molar-refractivity contribution in [3.63, 3.8) is 0 Å². The first-order chi connectivity index (χ1) is 8.87. The number of hydrogen-bond acceptors (Lipinski definition) is 2. The number of rotatable bonds is 2. The molecule has 0 unspecified atom stereocenters. The lowest BCUT2D eigenvalue weighted by atomic mass is 10.0. The van der Waals surface area contributed by atoms with Crippen LogP contribution in [0.2, 0.25) is 0 Å². The molecular weight excluding hydrogens is 269 g/mol. The van der Waals surface area contributed by atoms with Gasteiger partial charge < -0.3 is 10.1 Å². The van der Waals surface area contributed by atoms with E-state index in [1.54, 1.807) is 0 Å². The third-order valence-electron chi connectivity index (χ3n) is 2.38. The summed E-state index contributed by atoms with van der Waals surface area (Å²) in [4.78, 5) is 0. The molecular formula is C12H8F5NO. The van der Waals surface area contributed by atoms with Gasteiger partial charge in [0.05, 0.1) is 0 Å². The van der Waals surface area contributed by atoms with Gasteiger partial charge in [-0.05, 0) is 17.7 Å². The van der Waals surface area contributed by atoms with Crippen LogP contribution in [0.1, 0.15) is 5.56 Å². The molecule has 0 aliphatic carbocycles. The summed E-state index contributed by atoms with van der Waals surface area (Å²) in [5, 5.41) is 2.61. The number of alkyl halides is 3. The van der Waals surface area contributed by atoms with Crippen molar-refractivity contribution in [2.75, 3.05) is 6.54 Å². The standard InChI is InChI=1S/C12H8F5NO/c13-9-5-7(8-3-4-18-6-10(8)14)1-2-11(9)19-12(15,16)17/h1-3,5-6,18H,4H2. The molecule has 102 valence electrons. The molecule has 1 aliphatic rings. The Balaban J connectivity index is 2.29. The second-order valence-corrected chi connectivity index (χ2v) is 3.71. The predicted octanol–water partition coefficient (Wildman–Crippen LogP) is 3.52. The van der Waals surface area contributed by atoms with Crippen molar-refractivity contribution in [2.45, 2.75) is 6.36 Å². The molecule has 0 spiro atoms. The molecule has 0 fully saturated rings. The second-order valence-electron chi connectivity index (χ2n) is 3.71. The maximum atomic E-state index is 13.5. The number of ether oxygens (including phenoxy) is 1. The minimum absolute atomic E-state index is 0.121. The summed E-state index contributed by atoms with van der Waals surface area (Å²) in [6, 6.07) is 2.77. The number of halogens is 5. The first-order valence-electron chi connectivity index (χ1n) is 5.22. The van der Waals surface area contributed by atoms with Gasteiger partial charge in [-0.3, -0.25) is 0 Å². The largest absolute Gasteiger partial charge is 0.573 e. The fraction of sp³-hybridized carbons (Fsp3) is 0.167.